The van der Waals surface area contributed by atoms with Crippen LogP contribution in [-0.2, 0) is 22.7 Å². The van der Waals surface area contributed by atoms with Gasteiger partial charge in [-0.15, -0.1) is 0 Å². The van der Waals surface area contributed by atoms with Gasteiger partial charge >= 0.3 is 11.8 Å². The first kappa shape index (κ1) is 24.1. The number of hydrogen-bond acceptors (Lipinski definition) is 5. The van der Waals surface area contributed by atoms with Crippen LogP contribution in [0.2, 0.25) is 10.0 Å². The van der Waals surface area contributed by atoms with Crippen molar-refractivity contribution >= 4 is 41.2 Å². The molecule has 3 aromatic rings. The van der Waals surface area contributed by atoms with Gasteiger partial charge in [0.1, 0.15) is 18.1 Å². The van der Waals surface area contributed by atoms with Gasteiger partial charge < -0.3 is 14.8 Å². The number of carbonyl (C=O) groups excluding carboxylic acids is 2. The number of benzene rings is 3. The van der Waals surface area contributed by atoms with Crippen LogP contribution < -0.4 is 20.2 Å². The fourth-order valence-corrected chi connectivity index (χ4v) is 3.14. The first-order valence-electron chi connectivity index (χ1n) is 9.85. The Morgan fingerprint density at radius 3 is 2.30 bits per heavy atom. The van der Waals surface area contributed by atoms with Gasteiger partial charge in [0.05, 0.1) is 13.3 Å². The van der Waals surface area contributed by atoms with E-state index in [0.717, 1.165) is 11.1 Å². The Kier molecular flexibility index (Phi) is 8.69. The number of amides is 2. The predicted molar refractivity (Wildman–Crippen MR) is 128 cm³/mol. The Bertz CT molecular complexity index is 1130. The van der Waals surface area contributed by atoms with Crippen molar-refractivity contribution in [3.8, 4) is 11.5 Å². The number of rotatable bonds is 8. The van der Waals surface area contributed by atoms with E-state index in [2.05, 4.69) is 15.8 Å². The van der Waals surface area contributed by atoms with Crippen molar-refractivity contribution in [3.05, 3.63) is 93.5 Å². The zero-order valence-electron chi connectivity index (χ0n) is 17.7. The summed E-state index contributed by atoms with van der Waals surface area (Å²) in [7, 11) is 1.57. The molecule has 7 nitrogen and oxygen atoms in total. The second-order valence-electron chi connectivity index (χ2n) is 6.82. The molecule has 170 valence electrons. The minimum Gasteiger partial charge on any atom is -0.497 e. The molecule has 3 aromatic carbocycles. The summed E-state index contributed by atoms with van der Waals surface area (Å²) < 4.78 is 10.8. The third-order valence-electron chi connectivity index (χ3n) is 4.49. The lowest BCUT2D eigenvalue weighted by molar-refractivity contribution is -0.139. The van der Waals surface area contributed by atoms with Crippen molar-refractivity contribution in [3.63, 3.8) is 0 Å². The summed E-state index contributed by atoms with van der Waals surface area (Å²) in [5, 5.41) is 7.44. The highest BCUT2D eigenvalue weighted by Crippen LogP contribution is 2.22. The van der Waals surface area contributed by atoms with Gasteiger partial charge in [-0.3, -0.25) is 9.59 Å². The van der Waals surface area contributed by atoms with E-state index in [1.54, 1.807) is 67.8 Å². The molecule has 3 rings (SSSR count). The first-order valence-corrected chi connectivity index (χ1v) is 10.6. The molecule has 0 aliphatic heterocycles. The molecule has 0 bridgehead atoms. The molecule has 2 amide bonds. The highest BCUT2D eigenvalue weighted by Gasteiger charge is 2.12. The maximum absolute atomic E-state index is 11.9. The van der Waals surface area contributed by atoms with E-state index in [9.17, 15) is 9.59 Å². The quantitative estimate of drug-likeness (QED) is 0.282. The molecular formula is C24H21Cl2N3O4. The van der Waals surface area contributed by atoms with Crippen LogP contribution >= 0.6 is 23.2 Å². The van der Waals surface area contributed by atoms with Crippen LogP contribution in [0.1, 0.15) is 16.7 Å². The number of nitrogens with zero attached hydrogens (tertiary/aromatic N) is 1. The van der Waals surface area contributed by atoms with Gasteiger partial charge in [-0.05, 0) is 59.7 Å². The predicted octanol–water partition coefficient (Wildman–Crippen LogP) is 4.35. The Morgan fingerprint density at radius 2 is 1.64 bits per heavy atom. The van der Waals surface area contributed by atoms with Gasteiger partial charge in [0.25, 0.3) is 0 Å². The molecule has 9 heteroatoms. The molecule has 0 radical (unpaired) electrons. The van der Waals surface area contributed by atoms with E-state index >= 15 is 0 Å². The van der Waals surface area contributed by atoms with Crippen molar-refractivity contribution in [1.82, 2.24) is 10.7 Å². The van der Waals surface area contributed by atoms with Crippen molar-refractivity contribution in [2.24, 2.45) is 5.10 Å². The van der Waals surface area contributed by atoms with Crippen LogP contribution in [0.5, 0.6) is 11.5 Å². The molecule has 0 saturated heterocycles. The SMILES string of the molecule is COc1ccc(CNC(=O)C(=O)N/N=C\c2ccc(OCc3ccc(Cl)cc3Cl)cc2)cc1. The van der Waals surface area contributed by atoms with Crippen LogP contribution in [0.15, 0.2) is 71.8 Å². The summed E-state index contributed by atoms with van der Waals surface area (Å²) in [5.41, 5.74) is 4.57. The number of halogens is 2. The number of carbonyl (C=O) groups is 2. The molecule has 33 heavy (non-hydrogen) atoms. The summed E-state index contributed by atoms with van der Waals surface area (Å²) in [5.74, 6) is -0.296. The van der Waals surface area contributed by atoms with Crippen LogP contribution in [0.4, 0.5) is 0 Å². The fraction of sp³-hybridized carbons (Fsp3) is 0.125. The second-order valence-corrected chi connectivity index (χ2v) is 7.67. The van der Waals surface area contributed by atoms with Gasteiger partial charge in [-0.1, -0.05) is 41.4 Å². The number of methoxy groups -OCH3 is 1. The number of hydrogen-bond donors (Lipinski definition) is 2. The van der Waals surface area contributed by atoms with Gasteiger partial charge in [0.2, 0.25) is 0 Å². The Morgan fingerprint density at radius 1 is 0.939 bits per heavy atom. The molecule has 0 spiro atoms. The lowest BCUT2D eigenvalue weighted by Gasteiger charge is -2.08. The molecule has 0 aliphatic rings. The minimum atomic E-state index is -0.862. The van der Waals surface area contributed by atoms with Gasteiger partial charge in [0, 0.05) is 22.2 Å². The molecule has 0 aliphatic carbocycles. The average molecular weight is 486 g/mol. The van der Waals surface area contributed by atoms with Crippen molar-refractivity contribution in [2.45, 2.75) is 13.2 Å². The maximum atomic E-state index is 11.9. The van der Waals surface area contributed by atoms with E-state index < -0.39 is 11.8 Å². The van der Waals surface area contributed by atoms with Crippen LogP contribution in [-0.4, -0.2) is 25.1 Å². The highest BCUT2D eigenvalue weighted by atomic mass is 35.5. The molecule has 0 aromatic heterocycles. The Hall–Kier alpha value is -3.55. The zero-order chi connectivity index (χ0) is 23.6. The monoisotopic (exact) mass is 485 g/mol. The second kappa shape index (κ2) is 11.9. The first-order chi connectivity index (χ1) is 15.9. The molecule has 0 atom stereocenters. The Labute approximate surface area is 201 Å². The summed E-state index contributed by atoms with van der Waals surface area (Å²) in [6.07, 6.45) is 1.43. The van der Waals surface area contributed by atoms with Crippen molar-refractivity contribution in [2.75, 3.05) is 7.11 Å². The minimum absolute atomic E-state index is 0.211. The number of hydrazone groups is 1. The highest BCUT2D eigenvalue weighted by molar-refractivity contribution is 6.35. The summed E-state index contributed by atoms with van der Waals surface area (Å²) in [6, 6.07) is 19.4. The smallest absolute Gasteiger partial charge is 0.329 e. The lowest BCUT2D eigenvalue weighted by atomic mass is 10.2. The van der Waals surface area contributed by atoms with Crippen LogP contribution in [0.25, 0.3) is 0 Å². The van der Waals surface area contributed by atoms with Crippen molar-refractivity contribution in [1.29, 1.82) is 0 Å². The van der Waals surface area contributed by atoms with E-state index in [1.165, 1.54) is 6.21 Å². The third kappa shape index (κ3) is 7.52. The zero-order valence-corrected chi connectivity index (χ0v) is 19.2. The van der Waals surface area contributed by atoms with Crippen LogP contribution in [0.3, 0.4) is 0 Å². The van der Waals surface area contributed by atoms with Crippen LogP contribution in [0, 0.1) is 0 Å². The topological polar surface area (TPSA) is 89.0 Å². The molecule has 2 N–H and O–H groups in total. The number of ether oxygens (including phenoxy) is 2. The maximum Gasteiger partial charge on any atom is 0.329 e. The largest absolute Gasteiger partial charge is 0.497 e. The Balaban J connectivity index is 1.43. The molecule has 0 saturated carbocycles. The summed E-state index contributed by atoms with van der Waals surface area (Å²) in [6.45, 7) is 0.508. The molecule has 0 heterocycles. The summed E-state index contributed by atoms with van der Waals surface area (Å²) >= 11 is 12.0. The molecule has 0 unspecified atom stereocenters. The normalized spacial score (nSPS) is 10.6. The van der Waals surface area contributed by atoms with Gasteiger partial charge in [0.15, 0.2) is 0 Å². The molecule has 0 fully saturated rings. The van der Waals surface area contributed by atoms with Crippen molar-refractivity contribution < 1.29 is 19.1 Å². The lowest BCUT2D eigenvalue weighted by Crippen LogP contribution is -2.37. The van der Waals surface area contributed by atoms with E-state index in [-0.39, 0.29) is 6.54 Å². The average Bonchev–Trinajstić information content (AvgIpc) is 2.83. The van der Waals surface area contributed by atoms with Gasteiger partial charge in [-0.2, -0.15) is 5.10 Å². The number of nitrogens with one attached hydrogen (secondary N) is 2. The third-order valence-corrected chi connectivity index (χ3v) is 5.07. The summed E-state index contributed by atoms with van der Waals surface area (Å²) in [4.78, 5) is 23.8. The van der Waals surface area contributed by atoms with E-state index in [0.29, 0.717) is 33.7 Å². The molecular weight excluding hydrogens is 465 g/mol. The van der Waals surface area contributed by atoms with E-state index in [1.807, 2.05) is 6.07 Å². The fourth-order valence-electron chi connectivity index (χ4n) is 2.67. The van der Waals surface area contributed by atoms with E-state index in [4.69, 9.17) is 32.7 Å². The standard InChI is InChI=1S/C24H21Cl2N3O4/c1-32-20-8-2-16(3-9-20)13-27-23(30)24(31)29-28-14-17-4-10-21(11-5-17)33-15-18-6-7-19(25)12-22(18)26/h2-12,14H,13,15H2,1H3,(H,27,30)(H,29,31)/b28-14-. The van der Waals surface area contributed by atoms with Gasteiger partial charge in [-0.25, -0.2) is 5.43 Å².